The lowest BCUT2D eigenvalue weighted by molar-refractivity contribution is 0.102. The van der Waals surface area contributed by atoms with Gasteiger partial charge in [-0.25, -0.2) is 23.7 Å². The van der Waals surface area contributed by atoms with Gasteiger partial charge in [0, 0.05) is 18.2 Å². The number of nitrogens with zero attached hydrogens (tertiary/aromatic N) is 6. The molecule has 1 amide bonds. The molecule has 9 heteroatoms. The van der Waals surface area contributed by atoms with Crippen LogP contribution in [0.15, 0.2) is 36.7 Å². The van der Waals surface area contributed by atoms with Gasteiger partial charge in [-0.3, -0.25) is 10.1 Å². The molecule has 1 aromatic carbocycles. The van der Waals surface area contributed by atoms with Gasteiger partial charge in [-0.1, -0.05) is 25.5 Å². The van der Waals surface area contributed by atoms with Crippen LogP contribution in [0.25, 0.3) is 11.0 Å². The van der Waals surface area contributed by atoms with Crippen molar-refractivity contribution in [2.24, 2.45) is 0 Å². The molecule has 0 spiro atoms. The zero-order chi connectivity index (χ0) is 22.9. The van der Waals surface area contributed by atoms with Crippen molar-refractivity contribution in [2.45, 2.75) is 58.5 Å². The maximum absolute atomic E-state index is 13.4. The third-order valence-electron chi connectivity index (χ3n) is 5.86. The van der Waals surface area contributed by atoms with Crippen LogP contribution < -0.4 is 5.32 Å². The highest BCUT2D eigenvalue weighted by atomic mass is 19.1. The summed E-state index contributed by atoms with van der Waals surface area (Å²) in [7, 11) is 0. The van der Waals surface area contributed by atoms with E-state index < -0.39 is 0 Å². The summed E-state index contributed by atoms with van der Waals surface area (Å²) in [5.41, 5.74) is 3.79. The number of hydrogen-bond donors (Lipinski definition) is 1. The topological polar surface area (TPSA) is 90.5 Å². The second-order valence-corrected chi connectivity index (χ2v) is 8.58. The van der Waals surface area contributed by atoms with Gasteiger partial charge in [0.15, 0.2) is 5.65 Å². The largest absolute Gasteiger partial charge is 0.289 e. The number of pyridine rings is 1. The average Bonchev–Trinajstić information content (AvgIpc) is 3.49. The minimum absolute atomic E-state index is 0.199. The van der Waals surface area contributed by atoms with E-state index in [1.807, 2.05) is 23.7 Å². The van der Waals surface area contributed by atoms with Gasteiger partial charge in [0.2, 0.25) is 5.95 Å². The molecule has 5 rings (SSSR count). The Labute approximate surface area is 190 Å². The standard InChI is InChI=1S/C24H26FN7O/c1-3-4-10-32-22-21(15(2)29-32)19(12-20(27-22)17-8-9-17)23(33)28-24-26-14-31(30-24)13-16-6-5-7-18(25)11-16/h5-7,11-12,14,17H,3-4,8-10,13H2,1-2H3,(H,28,30,33). The number of fused-ring (bicyclic) bond motifs is 1. The van der Waals surface area contributed by atoms with E-state index in [2.05, 4.69) is 27.4 Å². The predicted octanol–water partition coefficient (Wildman–Crippen LogP) is 4.45. The number of carbonyl (C=O) groups excluding carboxylic acids is 1. The molecule has 0 radical (unpaired) electrons. The number of rotatable bonds is 8. The Bertz CT molecular complexity index is 1320. The number of carbonyl (C=O) groups is 1. The van der Waals surface area contributed by atoms with Gasteiger partial charge in [0.25, 0.3) is 5.91 Å². The number of aromatic nitrogens is 6. The third-order valence-corrected chi connectivity index (χ3v) is 5.86. The summed E-state index contributed by atoms with van der Waals surface area (Å²) in [5, 5.41) is 12.6. The third kappa shape index (κ3) is 4.48. The molecule has 0 saturated heterocycles. The summed E-state index contributed by atoms with van der Waals surface area (Å²) in [5.74, 6) is 0.0138. The number of amides is 1. The maximum Gasteiger partial charge on any atom is 0.258 e. The molecule has 1 fully saturated rings. The number of halogens is 1. The van der Waals surface area contributed by atoms with E-state index in [1.165, 1.54) is 18.5 Å². The lowest BCUT2D eigenvalue weighted by Crippen LogP contribution is -2.15. The molecule has 3 aromatic heterocycles. The van der Waals surface area contributed by atoms with E-state index in [4.69, 9.17) is 4.98 Å². The molecule has 33 heavy (non-hydrogen) atoms. The highest BCUT2D eigenvalue weighted by Crippen LogP contribution is 2.40. The molecule has 1 aliphatic rings. The summed E-state index contributed by atoms with van der Waals surface area (Å²) >= 11 is 0. The van der Waals surface area contributed by atoms with Gasteiger partial charge >= 0.3 is 0 Å². The van der Waals surface area contributed by atoms with Crippen LogP contribution in [0.2, 0.25) is 0 Å². The van der Waals surface area contributed by atoms with E-state index in [1.54, 1.807) is 10.7 Å². The Hall–Kier alpha value is -3.62. The lowest BCUT2D eigenvalue weighted by Gasteiger charge is -2.08. The number of anilines is 1. The molecule has 1 saturated carbocycles. The summed E-state index contributed by atoms with van der Waals surface area (Å²) in [6.07, 6.45) is 5.76. The van der Waals surface area contributed by atoms with Crippen molar-refractivity contribution in [1.82, 2.24) is 29.5 Å². The summed E-state index contributed by atoms with van der Waals surface area (Å²) in [6.45, 7) is 5.18. The SMILES string of the molecule is CCCCn1nc(C)c2c(C(=O)Nc3ncn(Cc4cccc(F)c4)n3)cc(C3CC3)nc21. The zero-order valence-electron chi connectivity index (χ0n) is 18.8. The van der Waals surface area contributed by atoms with Crippen LogP contribution in [0, 0.1) is 12.7 Å². The monoisotopic (exact) mass is 447 g/mol. The molecule has 0 aliphatic heterocycles. The number of benzene rings is 1. The Morgan fingerprint density at radius 1 is 1.24 bits per heavy atom. The van der Waals surface area contributed by atoms with Gasteiger partial charge in [-0.2, -0.15) is 5.10 Å². The number of hydrogen-bond acceptors (Lipinski definition) is 5. The lowest BCUT2D eigenvalue weighted by atomic mass is 10.1. The van der Waals surface area contributed by atoms with Gasteiger partial charge in [-0.05, 0) is 49.9 Å². The Balaban J connectivity index is 1.42. The van der Waals surface area contributed by atoms with Crippen molar-refractivity contribution in [3.05, 3.63) is 65.0 Å². The molecule has 0 atom stereocenters. The molecule has 1 aliphatic carbocycles. The molecule has 0 bridgehead atoms. The Morgan fingerprint density at radius 3 is 2.85 bits per heavy atom. The first-order valence-corrected chi connectivity index (χ1v) is 11.3. The van der Waals surface area contributed by atoms with Gasteiger partial charge in [-0.15, -0.1) is 5.10 Å². The minimum Gasteiger partial charge on any atom is -0.289 e. The second-order valence-electron chi connectivity index (χ2n) is 8.58. The maximum atomic E-state index is 13.4. The van der Waals surface area contributed by atoms with Crippen LogP contribution in [-0.4, -0.2) is 35.4 Å². The molecular formula is C24H26FN7O. The van der Waals surface area contributed by atoms with E-state index in [0.29, 0.717) is 18.0 Å². The van der Waals surface area contributed by atoms with E-state index in [0.717, 1.165) is 60.2 Å². The average molecular weight is 448 g/mol. The molecule has 8 nitrogen and oxygen atoms in total. The van der Waals surface area contributed by atoms with Gasteiger partial charge in [0.1, 0.15) is 12.1 Å². The molecule has 3 heterocycles. The van der Waals surface area contributed by atoms with Gasteiger partial charge < -0.3 is 0 Å². The van der Waals surface area contributed by atoms with Crippen molar-refractivity contribution in [2.75, 3.05) is 5.32 Å². The van der Waals surface area contributed by atoms with Crippen LogP contribution in [-0.2, 0) is 13.1 Å². The first-order valence-electron chi connectivity index (χ1n) is 11.3. The molecule has 170 valence electrons. The quantitative estimate of drug-likeness (QED) is 0.431. The second kappa shape index (κ2) is 8.73. The smallest absolute Gasteiger partial charge is 0.258 e. The van der Waals surface area contributed by atoms with Crippen molar-refractivity contribution in [3.63, 3.8) is 0 Å². The summed E-state index contributed by atoms with van der Waals surface area (Å²) < 4.78 is 16.9. The van der Waals surface area contributed by atoms with E-state index >= 15 is 0 Å². The highest BCUT2D eigenvalue weighted by Gasteiger charge is 2.29. The normalized spacial score (nSPS) is 13.5. The van der Waals surface area contributed by atoms with E-state index in [9.17, 15) is 9.18 Å². The van der Waals surface area contributed by atoms with Crippen LogP contribution >= 0.6 is 0 Å². The molecule has 0 unspecified atom stereocenters. The van der Waals surface area contributed by atoms with Crippen molar-refractivity contribution >= 4 is 22.9 Å². The zero-order valence-corrected chi connectivity index (χ0v) is 18.8. The predicted molar refractivity (Wildman–Crippen MR) is 123 cm³/mol. The van der Waals surface area contributed by atoms with Crippen LogP contribution in [0.4, 0.5) is 10.3 Å². The van der Waals surface area contributed by atoms with Crippen molar-refractivity contribution in [1.29, 1.82) is 0 Å². The van der Waals surface area contributed by atoms with Crippen LogP contribution in [0.1, 0.15) is 65.8 Å². The van der Waals surface area contributed by atoms with Crippen molar-refractivity contribution < 1.29 is 9.18 Å². The highest BCUT2D eigenvalue weighted by molar-refractivity contribution is 6.12. The Kier molecular flexibility index (Phi) is 5.62. The molecular weight excluding hydrogens is 421 g/mol. The first-order chi connectivity index (χ1) is 16.0. The first kappa shape index (κ1) is 21.2. The fraction of sp³-hybridized carbons (Fsp3) is 0.375. The Morgan fingerprint density at radius 2 is 2.09 bits per heavy atom. The number of aryl methyl sites for hydroxylation is 2. The van der Waals surface area contributed by atoms with Crippen molar-refractivity contribution in [3.8, 4) is 0 Å². The fourth-order valence-electron chi connectivity index (χ4n) is 4.02. The van der Waals surface area contributed by atoms with Crippen LogP contribution in [0.3, 0.4) is 0 Å². The number of unbranched alkanes of at least 4 members (excludes halogenated alkanes) is 1. The minimum atomic E-state index is -0.302. The van der Waals surface area contributed by atoms with Gasteiger partial charge in [0.05, 0.1) is 23.2 Å². The fourth-order valence-corrected chi connectivity index (χ4v) is 4.02. The number of nitrogens with one attached hydrogen (secondary N) is 1. The van der Waals surface area contributed by atoms with Crippen LogP contribution in [0.5, 0.6) is 0 Å². The summed E-state index contributed by atoms with van der Waals surface area (Å²) in [4.78, 5) is 22.4. The molecule has 1 N–H and O–H groups in total. The summed E-state index contributed by atoms with van der Waals surface area (Å²) in [6, 6.07) is 8.20. The molecule has 4 aromatic rings. The van der Waals surface area contributed by atoms with E-state index in [-0.39, 0.29) is 17.7 Å².